The van der Waals surface area contributed by atoms with Crippen molar-refractivity contribution in [1.29, 1.82) is 0 Å². The van der Waals surface area contributed by atoms with E-state index in [-0.39, 0.29) is 5.92 Å². The summed E-state index contributed by atoms with van der Waals surface area (Å²) in [6.07, 6.45) is 4.84. The number of rotatable bonds is 4. The summed E-state index contributed by atoms with van der Waals surface area (Å²) in [4.78, 5) is 10.8. The van der Waals surface area contributed by atoms with E-state index >= 15 is 0 Å². The average molecular weight is 208 g/mol. The zero-order valence-corrected chi connectivity index (χ0v) is 9.10. The lowest BCUT2D eigenvalue weighted by Gasteiger charge is -2.07. The van der Waals surface area contributed by atoms with Crippen molar-refractivity contribution in [1.82, 2.24) is 9.78 Å². The van der Waals surface area contributed by atoms with Crippen LogP contribution in [0.5, 0.6) is 0 Å². The molecule has 15 heavy (non-hydrogen) atoms. The molecule has 0 aliphatic heterocycles. The first-order chi connectivity index (χ1) is 7.09. The molecule has 4 heteroatoms. The molecular formula is C11H16N2O2. The molecule has 1 aliphatic rings. The molecule has 1 aromatic rings. The highest BCUT2D eigenvalue weighted by Crippen LogP contribution is 2.41. The van der Waals surface area contributed by atoms with Crippen LogP contribution in [0.3, 0.4) is 0 Å². The van der Waals surface area contributed by atoms with Gasteiger partial charge in [0.05, 0.1) is 12.1 Å². The van der Waals surface area contributed by atoms with E-state index in [0.717, 1.165) is 5.56 Å². The van der Waals surface area contributed by atoms with Crippen LogP contribution < -0.4 is 0 Å². The molecule has 0 saturated heterocycles. The van der Waals surface area contributed by atoms with Crippen LogP contribution in [-0.4, -0.2) is 20.9 Å². The number of hydrogen-bond acceptors (Lipinski definition) is 2. The Morgan fingerprint density at radius 1 is 1.73 bits per heavy atom. The third-order valence-electron chi connectivity index (χ3n) is 2.98. The Kier molecular flexibility index (Phi) is 2.50. The van der Waals surface area contributed by atoms with E-state index in [9.17, 15) is 4.79 Å². The van der Waals surface area contributed by atoms with Crippen molar-refractivity contribution < 1.29 is 9.90 Å². The maximum atomic E-state index is 10.8. The SMILES string of the molecule is CC(Cc1cnn(C)c1C1CC1)C(=O)O. The maximum absolute atomic E-state index is 10.8. The van der Waals surface area contributed by atoms with Gasteiger partial charge in [-0.05, 0) is 24.8 Å². The maximum Gasteiger partial charge on any atom is 0.306 e. The Morgan fingerprint density at radius 3 is 2.93 bits per heavy atom. The minimum atomic E-state index is -0.736. The van der Waals surface area contributed by atoms with Crippen LogP contribution in [0.4, 0.5) is 0 Å². The summed E-state index contributed by atoms with van der Waals surface area (Å²) >= 11 is 0. The Morgan fingerprint density at radius 2 is 2.40 bits per heavy atom. The molecule has 1 aliphatic carbocycles. The predicted molar refractivity (Wildman–Crippen MR) is 55.7 cm³/mol. The van der Waals surface area contributed by atoms with Crippen molar-refractivity contribution >= 4 is 5.97 Å². The van der Waals surface area contributed by atoms with Crippen molar-refractivity contribution in [2.24, 2.45) is 13.0 Å². The van der Waals surface area contributed by atoms with Gasteiger partial charge in [-0.3, -0.25) is 9.48 Å². The molecule has 1 aromatic heterocycles. The van der Waals surface area contributed by atoms with Crippen LogP contribution in [0.1, 0.15) is 36.9 Å². The van der Waals surface area contributed by atoms with Gasteiger partial charge in [-0.25, -0.2) is 0 Å². The van der Waals surface area contributed by atoms with Crippen LogP contribution in [0.2, 0.25) is 0 Å². The van der Waals surface area contributed by atoms with Gasteiger partial charge < -0.3 is 5.11 Å². The molecule has 1 heterocycles. The summed E-state index contributed by atoms with van der Waals surface area (Å²) in [5.41, 5.74) is 2.35. The highest BCUT2D eigenvalue weighted by molar-refractivity contribution is 5.69. The zero-order chi connectivity index (χ0) is 11.0. The molecule has 1 N–H and O–H groups in total. The first kappa shape index (κ1) is 10.2. The van der Waals surface area contributed by atoms with Crippen LogP contribution in [0.15, 0.2) is 6.20 Å². The van der Waals surface area contributed by atoms with Crippen molar-refractivity contribution in [3.63, 3.8) is 0 Å². The van der Waals surface area contributed by atoms with Crippen LogP contribution in [0, 0.1) is 5.92 Å². The summed E-state index contributed by atoms with van der Waals surface area (Å²) < 4.78 is 1.89. The lowest BCUT2D eigenvalue weighted by atomic mass is 10.0. The second-order valence-corrected chi connectivity index (χ2v) is 4.40. The smallest absolute Gasteiger partial charge is 0.306 e. The molecule has 1 unspecified atom stereocenters. The van der Waals surface area contributed by atoms with Gasteiger partial charge >= 0.3 is 5.97 Å². The molecule has 0 radical (unpaired) electrons. The van der Waals surface area contributed by atoms with Gasteiger partial charge in [0.25, 0.3) is 0 Å². The largest absolute Gasteiger partial charge is 0.481 e. The summed E-state index contributed by atoms with van der Waals surface area (Å²) in [5, 5.41) is 13.1. The first-order valence-electron chi connectivity index (χ1n) is 5.33. The van der Waals surface area contributed by atoms with Crippen molar-refractivity contribution in [3.8, 4) is 0 Å². The third kappa shape index (κ3) is 2.03. The van der Waals surface area contributed by atoms with E-state index in [1.807, 2.05) is 17.9 Å². The minimum absolute atomic E-state index is 0.327. The normalized spacial score (nSPS) is 17.7. The number of aromatic nitrogens is 2. The fourth-order valence-electron chi connectivity index (χ4n) is 1.95. The van der Waals surface area contributed by atoms with Gasteiger partial charge in [-0.2, -0.15) is 5.10 Å². The van der Waals surface area contributed by atoms with Crippen LogP contribution in [-0.2, 0) is 18.3 Å². The highest BCUT2D eigenvalue weighted by Gasteiger charge is 2.30. The second kappa shape index (κ2) is 3.68. The van der Waals surface area contributed by atoms with Gasteiger partial charge in [-0.15, -0.1) is 0 Å². The molecule has 0 bridgehead atoms. The monoisotopic (exact) mass is 208 g/mol. The van der Waals surface area contributed by atoms with Crippen LogP contribution >= 0.6 is 0 Å². The van der Waals surface area contributed by atoms with Gasteiger partial charge in [-0.1, -0.05) is 6.92 Å². The second-order valence-electron chi connectivity index (χ2n) is 4.40. The van der Waals surface area contributed by atoms with E-state index in [2.05, 4.69) is 5.10 Å². The standard InChI is InChI=1S/C11H16N2O2/c1-7(11(14)15)5-9-6-12-13(2)10(9)8-3-4-8/h6-8H,3-5H2,1-2H3,(H,14,15). The van der Waals surface area contributed by atoms with E-state index in [1.54, 1.807) is 6.92 Å². The molecule has 82 valence electrons. The third-order valence-corrected chi connectivity index (χ3v) is 2.98. The first-order valence-corrected chi connectivity index (χ1v) is 5.33. The minimum Gasteiger partial charge on any atom is -0.481 e. The molecule has 0 amide bonds. The fraction of sp³-hybridized carbons (Fsp3) is 0.636. The summed E-state index contributed by atoms with van der Waals surface area (Å²) in [7, 11) is 1.93. The van der Waals surface area contributed by atoms with Gasteiger partial charge in [0.2, 0.25) is 0 Å². The van der Waals surface area contributed by atoms with E-state index in [4.69, 9.17) is 5.11 Å². The number of carbonyl (C=O) groups is 1. The molecule has 1 saturated carbocycles. The number of nitrogens with zero attached hydrogens (tertiary/aromatic N) is 2. The number of aryl methyl sites for hydroxylation is 1. The number of carboxylic acids is 1. The van der Waals surface area contributed by atoms with Crippen LogP contribution in [0.25, 0.3) is 0 Å². The predicted octanol–water partition coefficient (Wildman–Crippen LogP) is 1.56. The Balaban J connectivity index is 2.17. The molecule has 0 aromatic carbocycles. The summed E-state index contributed by atoms with van der Waals surface area (Å²) in [6.45, 7) is 1.74. The number of carboxylic acid groups (broad SMARTS) is 1. The van der Waals surface area contributed by atoms with Crippen molar-refractivity contribution in [3.05, 3.63) is 17.5 Å². The average Bonchev–Trinajstić information content (AvgIpc) is 2.93. The number of aliphatic carboxylic acids is 1. The molecule has 1 atom stereocenters. The topological polar surface area (TPSA) is 55.1 Å². The lowest BCUT2D eigenvalue weighted by molar-refractivity contribution is -0.141. The molecule has 0 spiro atoms. The zero-order valence-electron chi connectivity index (χ0n) is 9.10. The quantitative estimate of drug-likeness (QED) is 0.817. The summed E-state index contributed by atoms with van der Waals surface area (Å²) in [5.74, 6) is -0.444. The highest BCUT2D eigenvalue weighted by atomic mass is 16.4. The molecule has 4 nitrogen and oxygen atoms in total. The van der Waals surface area contributed by atoms with Gasteiger partial charge in [0.15, 0.2) is 0 Å². The molecule has 1 fully saturated rings. The van der Waals surface area contributed by atoms with Crippen molar-refractivity contribution in [2.75, 3.05) is 0 Å². The van der Waals surface area contributed by atoms with E-state index in [0.29, 0.717) is 12.3 Å². The Labute approximate surface area is 88.9 Å². The Bertz CT molecular complexity index is 380. The fourth-order valence-corrected chi connectivity index (χ4v) is 1.95. The van der Waals surface area contributed by atoms with E-state index in [1.165, 1.54) is 18.5 Å². The number of hydrogen-bond donors (Lipinski definition) is 1. The van der Waals surface area contributed by atoms with Gasteiger partial charge in [0.1, 0.15) is 0 Å². The lowest BCUT2D eigenvalue weighted by Crippen LogP contribution is -2.13. The summed E-state index contributed by atoms with van der Waals surface area (Å²) in [6, 6.07) is 0. The van der Waals surface area contributed by atoms with Crippen molar-refractivity contribution in [2.45, 2.75) is 32.1 Å². The molecular weight excluding hydrogens is 192 g/mol. The van der Waals surface area contributed by atoms with E-state index < -0.39 is 5.97 Å². The van der Waals surface area contributed by atoms with Gasteiger partial charge in [0, 0.05) is 18.7 Å². The molecule has 2 rings (SSSR count). The Hall–Kier alpha value is -1.32.